The Bertz CT molecular complexity index is 581. The van der Waals surface area contributed by atoms with Gasteiger partial charge in [0.05, 0.1) is 12.1 Å². The highest BCUT2D eigenvalue weighted by atomic mass is 16.5. The van der Waals surface area contributed by atoms with Crippen molar-refractivity contribution < 1.29 is 4.74 Å². The Kier molecular flexibility index (Phi) is 7.66. The molecule has 2 rings (SSSR count). The van der Waals surface area contributed by atoms with E-state index in [1.807, 2.05) is 12.3 Å². The molecule has 0 atom stereocenters. The van der Waals surface area contributed by atoms with Crippen LogP contribution in [0.5, 0.6) is 0 Å². The number of pyridine rings is 1. The number of aromatic nitrogens is 1. The highest BCUT2D eigenvalue weighted by Gasteiger charge is 2.19. The van der Waals surface area contributed by atoms with Crippen LogP contribution in [0.2, 0.25) is 0 Å². The Labute approximate surface area is 157 Å². The predicted molar refractivity (Wildman–Crippen MR) is 108 cm³/mol. The van der Waals surface area contributed by atoms with E-state index in [1.54, 1.807) is 7.11 Å². The summed E-state index contributed by atoms with van der Waals surface area (Å²) in [6.07, 6.45) is 1.87. The number of likely N-dealkylation sites (N-methyl/N-ethyl adjacent to an activating group) is 1. The van der Waals surface area contributed by atoms with E-state index in [0.717, 1.165) is 50.1 Å². The Balaban J connectivity index is 2.06. The van der Waals surface area contributed by atoms with Gasteiger partial charge in [-0.3, -0.25) is 0 Å². The van der Waals surface area contributed by atoms with Crippen LogP contribution >= 0.6 is 0 Å². The van der Waals surface area contributed by atoms with E-state index in [1.165, 1.54) is 0 Å². The van der Waals surface area contributed by atoms with Gasteiger partial charge in [-0.05, 0) is 33.9 Å². The summed E-state index contributed by atoms with van der Waals surface area (Å²) in [6, 6.07) is 4.10. The van der Waals surface area contributed by atoms with Crippen molar-refractivity contribution in [1.29, 1.82) is 0 Å². The molecule has 1 aliphatic rings. The quantitative estimate of drug-likeness (QED) is 0.563. The maximum absolute atomic E-state index is 5.47. The first kappa shape index (κ1) is 20.5. The Hall–Kier alpha value is -1.86. The van der Waals surface area contributed by atoms with Gasteiger partial charge in [-0.1, -0.05) is 6.07 Å². The maximum Gasteiger partial charge on any atom is 0.191 e. The lowest BCUT2D eigenvalue weighted by molar-refractivity contribution is 0.0268. The molecular weight excluding hydrogens is 328 g/mol. The third-order valence-corrected chi connectivity index (χ3v) is 4.66. The van der Waals surface area contributed by atoms with Crippen molar-refractivity contribution in [2.24, 2.45) is 4.99 Å². The number of ether oxygens (including phenoxy) is 1. The van der Waals surface area contributed by atoms with Crippen LogP contribution in [0.3, 0.4) is 0 Å². The highest BCUT2D eigenvalue weighted by molar-refractivity contribution is 5.79. The molecule has 7 heteroatoms. The van der Waals surface area contributed by atoms with Gasteiger partial charge in [0.1, 0.15) is 5.82 Å². The number of hydrogen-bond donors (Lipinski definition) is 2. The lowest BCUT2D eigenvalue weighted by Gasteiger charge is -2.34. The second-order valence-corrected chi connectivity index (χ2v) is 7.29. The van der Waals surface area contributed by atoms with Gasteiger partial charge in [0, 0.05) is 58.1 Å². The molecule has 0 unspecified atom stereocenters. The first-order valence-electron chi connectivity index (χ1n) is 9.40. The SMILES string of the molecule is CCNC(=NCc1cccnc1N1CCN(C)CC1)NCC(C)(C)OC. The van der Waals surface area contributed by atoms with Crippen molar-refractivity contribution in [3.05, 3.63) is 23.9 Å². The second kappa shape index (κ2) is 9.73. The molecule has 0 radical (unpaired) electrons. The average molecular weight is 363 g/mol. The monoisotopic (exact) mass is 362 g/mol. The van der Waals surface area contributed by atoms with E-state index in [2.05, 4.69) is 59.3 Å². The van der Waals surface area contributed by atoms with E-state index < -0.39 is 0 Å². The molecule has 1 saturated heterocycles. The summed E-state index contributed by atoms with van der Waals surface area (Å²) in [5, 5.41) is 6.66. The van der Waals surface area contributed by atoms with Crippen molar-refractivity contribution in [2.45, 2.75) is 32.9 Å². The zero-order chi connectivity index (χ0) is 19.0. The molecule has 0 amide bonds. The van der Waals surface area contributed by atoms with Crippen LogP contribution in [-0.2, 0) is 11.3 Å². The summed E-state index contributed by atoms with van der Waals surface area (Å²) in [5.74, 6) is 1.85. The first-order chi connectivity index (χ1) is 12.4. The third-order valence-electron chi connectivity index (χ3n) is 4.66. The highest BCUT2D eigenvalue weighted by Crippen LogP contribution is 2.19. The van der Waals surface area contributed by atoms with Gasteiger partial charge < -0.3 is 25.2 Å². The molecule has 0 bridgehead atoms. The molecule has 2 heterocycles. The van der Waals surface area contributed by atoms with Gasteiger partial charge in [0.2, 0.25) is 0 Å². The average Bonchev–Trinajstić information content (AvgIpc) is 2.65. The largest absolute Gasteiger partial charge is 0.377 e. The maximum atomic E-state index is 5.47. The molecule has 146 valence electrons. The second-order valence-electron chi connectivity index (χ2n) is 7.29. The standard InChI is InChI=1S/C19H34N6O/c1-6-20-18(23-15-19(2,3)26-5)22-14-16-8-7-9-21-17(16)25-12-10-24(4)11-13-25/h7-9H,6,10-15H2,1-5H3,(H2,20,22,23). The summed E-state index contributed by atoms with van der Waals surface area (Å²) < 4.78 is 5.47. The smallest absolute Gasteiger partial charge is 0.191 e. The topological polar surface area (TPSA) is 65.0 Å². The third kappa shape index (κ3) is 6.14. The van der Waals surface area contributed by atoms with E-state index in [0.29, 0.717) is 13.1 Å². The predicted octanol–water partition coefficient (Wildman–Crippen LogP) is 1.31. The van der Waals surface area contributed by atoms with Gasteiger partial charge in [0.25, 0.3) is 0 Å². The molecule has 0 spiro atoms. The van der Waals surface area contributed by atoms with Crippen LogP contribution in [0.1, 0.15) is 26.3 Å². The van der Waals surface area contributed by atoms with Gasteiger partial charge in [-0.15, -0.1) is 0 Å². The minimum absolute atomic E-state index is 0.241. The van der Waals surface area contributed by atoms with Crippen molar-refractivity contribution >= 4 is 11.8 Å². The van der Waals surface area contributed by atoms with Crippen molar-refractivity contribution in [3.63, 3.8) is 0 Å². The number of nitrogens with zero attached hydrogens (tertiary/aromatic N) is 4. The molecule has 7 nitrogen and oxygen atoms in total. The minimum Gasteiger partial charge on any atom is -0.377 e. The number of methoxy groups -OCH3 is 1. The summed E-state index contributed by atoms with van der Waals surface area (Å²) in [4.78, 5) is 14.1. The number of hydrogen-bond acceptors (Lipinski definition) is 5. The van der Waals surface area contributed by atoms with Crippen LogP contribution in [0.15, 0.2) is 23.3 Å². The van der Waals surface area contributed by atoms with E-state index in [-0.39, 0.29) is 5.60 Å². The van der Waals surface area contributed by atoms with Gasteiger partial charge in [0.15, 0.2) is 5.96 Å². The fourth-order valence-corrected chi connectivity index (χ4v) is 2.73. The molecule has 26 heavy (non-hydrogen) atoms. The molecule has 1 aromatic rings. The molecular formula is C19H34N6O. The van der Waals surface area contributed by atoms with Crippen molar-refractivity contribution in [3.8, 4) is 0 Å². The summed E-state index contributed by atoms with van der Waals surface area (Å²) in [6.45, 7) is 12.4. The van der Waals surface area contributed by atoms with Gasteiger partial charge in [-0.2, -0.15) is 0 Å². The van der Waals surface area contributed by atoms with Crippen molar-refractivity contribution in [2.75, 3.05) is 58.3 Å². The number of piperazine rings is 1. The van der Waals surface area contributed by atoms with Crippen molar-refractivity contribution in [1.82, 2.24) is 20.5 Å². The van der Waals surface area contributed by atoms with Crippen LogP contribution in [-0.4, -0.2) is 74.9 Å². The van der Waals surface area contributed by atoms with E-state index in [9.17, 15) is 0 Å². The number of rotatable bonds is 7. The molecule has 0 aromatic carbocycles. The van der Waals surface area contributed by atoms with Crippen LogP contribution < -0.4 is 15.5 Å². The number of nitrogens with one attached hydrogen (secondary N) is 2. The molecule has 1 aromatic heterocycles. The Morgan fingerprint density at radius 2 is 2.00 bits per heavy atom. The summed E-state index contributed by atoms with van der Waals surface area (Å²) in [7, 11) is 3.89. The molecule has 0 aliphatic carbocycles. The molecule has 0 saturated carbocycles. The van der Waals surface area contributed by atoms with Crippen LogP contribution in [0.25, 0.3) is 0 Å². The fourth-order valence-electron chi connectivity index (χ4n) is 2.73. The lowest BCUT2D eigenvalue weighted by atomic mass is 10.1. The molecule has 1 aliphatic heterocycles. The first-order valence-corrected chi connectivity index (χ1v) is 9.40. The number of aliphatic imine (C=N–C) groups is 1. The lowest BCUT2D eigenvalue weighted by Crippen LogP contribution is -2.45. The molecule has 1 fully saturated rings. The number of anilines is 1. The molecule has 2 N–H and O–H groups in total. The zero-order valence-electron chi connectivity index (χ0n) is 16.9. The van der Waals surface area contributed by atoms with E-state index in [4.69, 9.17) is 9.73 Å². The van der Waals surface area contributed by atoms with Crippen LogP contribution in [0.4, 0.5) is 5.82 Å². The van der Waals surface area contributed by atoms with Gasteiger partial charge >= 0.3 is 0 Å². The van der Waals surface area contributed by atoms with E-state index >= 15 is 0 Å². The normalized spacial score (nSPS) is 16.7. The van der Waals surface area contributed by atoms with Crippen LogP contribution in [0, 0.1) is 0 Å². The van der Waals surface area contributed by atoms with Gasteiger partial charge in [-0.25, -0.2) is 9.98 Å². The minimum atomic E-state index is -0.241. The summed E-state index contributed by atoms with van der Waals surface area (Å²) in [5.41, 5.74) is 0.912. The fraction of sp³-hybridized carbons (Fsp3) is 0.684. The number of guanidine groups is 1. The zero-order valence-corrected chi connectivity index (χ0v) is 16.9. The Morgan fingerprint density at radius 3 is 2.65 bits per heavy atom. The Morgan fingerprint density at radius 1 is 1.27 bits per heavy atom. The summed E-state index contributed by atoms with van der Waals surface area (Å²) >= 11 is 0.